The third kappa shape index (κ3) is 2.54. The monoisotopic (exact) mass is 346 g/mol. The number of hydrogen-bond acceptors (Lipinski definition) is 5. The van der Waals surface area contributed by atoms with E-state index in [1.165, 1.54) is 12.1 Å². The van der Waals surface area contributed by atoms with Gasteiger partial charge in [-0.05, 0) is 42.8 Å². The number of ether oxygens (including phenoxy) is 1. The van der Waals surface area contributed by atoms with E-state index in [9.17, 15) is 13.2 Å². The van der Waals surface area contributed by atoms with Crippen molar-refractivity contribution in [3.63, 3.8) is 0 Å². The Morgan fingerprint density at radius 2 is 2.04 bits per heavy atom. The lowest BCUT2D eigenvalue weighted by atomic mass is 10.1. The van der Waals surface area contributed by atoms with Crippen LogP contribution in [0.1, 0.15) is 12.5 Å². The lowest BCUT2D eigenvalue weighted by Gasteiger charge is -2.09. The van der Waals surface area contributed by atoms with Gasteiger partial charge in [-0.2, -0.15) is 0 Å². The fourth-order valence-corrected chi connectivity index (χ4v) is 3.89. The molecule has 0 aliphatic carbocycles. The SMILES string of the molecule is CC1Cc2cc(S(=O)(=O)Nc3ccc4[nH]c(=O)oc4c3)ccc2O1. The number of benzene rings is 2. The van der Waals surface area contributed by atoms with E-state index in [1.807, 2.05) is 6.92 Å². The van der Waals surface area contributed by atoms with E-state index < -0.39 is 15.8 Å². The molecule has 4 rings (SSSR count). The molecular weight excluding hydrogens is 332 g/mol. The number of H-pyrrole nitrogens is 1. The van der Waals surface area contributed by atoms with Crippen molar-refractivity contribution in [1.82, 2.24) is 4.98 Å². The highest BCUT2D eigenvalue weighted by molar-refractivity contribution is 7.92. The zero-order valence-corrected chi connectivity index (χ0v) is 13.5. The Kier molecular flexibility index (Phi) is 3.17. The molecular formula is C16H14N2O5S. The summed E-state index contributed by atoms with van der Waals surface area (Å²) >= 11 is 0. The predicted octanol–water partition coefficient (Wildman–Crippen LogP) is 2.25. The topological polar surface area (TPSA) is 101 Å². The van der Waals surface area contributed by atoms with Crippen molar-refractivity contribution in [1.29, 1.82) is 0 Å². The van der Waals surface area contributed by atoms with E-state index in [1.54, 1.807) is 24.3 Å². The Hall–Kier alpha value is -2.74. The second kappa shape index (κ2) is 5.13. The van der Waals surface area contributed by atoms with Gasteiger partial charge in [0.05, 0.1) is 16.1 Å². The first-order valence-corrected chi connectivity index (χ1v) is 8.84. The molecule has 24 heavy (non-hydrogen) atoms. The van der Waals surface area contributed by atoms with Crippen LogP contribution in [0.4, 0.5) is 5.69 Å². The van der Waals surface area contributed by atoms with Crippen molar-refractivity contribution in [2.75, 3.05) is 4.72 Å². The predicted molar refractivity (Wildman–Crippen MR) is 87.9 cm³/mol. The van der Waals surface area contributed by atoms with Gasteiger partial charge in [0.25, 0.3) is 10.0 Å². The van der Waals surface area contributed by atoms with E-state index in [2.05, 4.69) is 9.71 Å². The van der Waals surface area contributed by atoms with Gasteiger partial charge >= 0.3 is 5.76 Å². The molecule has 2 heterocycles. The summed E-state index contributed by atoms with van der Waals surface area (Å²) in [5.74, 6) is 0.134. The van der Waals surface area contributed by atoms with Crippen LogP contribution >= 0.6 is 0 Å². The Labute approximate surface area is 137 Å². The molecule has 0 spiro atoms. The Morgan fingerprint density at radius 3 is 2.88 bits per heavy atom. The summed E-state index contributed by atoms with van der Waals surface area (Å²) in [6.45, 7) is 1.94. The largest absolute Gasteiger partial charge is 0.490 e. The quantitative estimate of drug-likeness (QED) is 0.757. The van der Waals surface area contributed by atoms with E-state index in [-0.39, 0.29) is 16.6 Å². The van der Waals surface area contributed by atoms with Crippen LogP contribution in [0.5, 0.6) is 5.75 Å². The first kappa shape index (κ1) is 14.8. The van der Waals surface area contributed by atoms with Crippen LogP contribution in [0.3, 0.4) is 0 Å². The van der Waals surface area contributed by atoms with Crippen LogP contribution in [0, 0.1) is 0 Å². The summed E-state index contributed by atoms with van der Waals surface area (Å²) < 4.78 is 38.2. The number of nitrogens with one attached hydrogen (secondary N) is 2. The lowest BCUT2D eigenvalue weighted by molar-refractivity contribution is 0.254. The number of rotatable bonds is 3. The molecule has 1 unspecified atom stereocenters. The molecule has 0 saturated heterocycles. The summed E-state index contributed by atoms with van der Waals surface area (Å²) in [6.07, 6.45) is 0.726. The van der Waals surface area contributed by atoms with E-state index >= 15 is 0 Å². The molecule has 2 N–H and O–H groups in total. The summed E-state index contributed by atoms with van der Waals surface area (Å²) in [4.78, 5) is 13.8. The molecule has 0 amide bonds. The molecule has 3 aromatic rings. The molecule has 1 atom stereocenters. The Balaban J connectivity index is 1.67. The van der Waals surface area contributed by atoms with Gasteiger partial charge in [0, 0.05) is 12.5 Å². The van der Waals surface area contributed by atoms with Gasteiger partial charge in [0.2, 0.25) is 0 Å². The molecule has 7 nitrogen and oxygen atoms in total. The van der Waals surface area contributed by atoms with Gasteiger partial charge in [0.15, 0.2) is 5.58 Å². The highest BCUT2D eigenvalue weighted by Crippen LogP contribution is 2.31. The Bertz CT molecular complexity index is 1100. The fraction of sp³-hybridized carbons (Fsp3) is 0.188. The first-order chi connectivity index (χ1) is 11.4. The molecule has 1 aromatic heterocycles. The number of anilines is 1. The maximum atomic E-state index is 12.6. The van der Waals surface area contributed by atoms with E-state index in [4.69, 9.17) is 9.15 Å². The summed E-state index contributed by atoms with van der Waals surface area (Å²) in [5, 5.41) is 0. The summed E-state index contributed by atoms with van der Waals surface area (Å²) in [5.41, 5.74) is 1.98. The standard InChI is InChI=1S/C16H14N2O5S/c1-9-6-10-7-12(3-5-14(10)22-9)24(20,21)18-11-2-4-13-15(8-11)23-16(19)17-13/h2-5,7-9,18H,6H2,1H3,(H,17,19). The van der Waals surface area contributed by atoms with Gasteiger partial charge in [0.1, 0.15) is 11.9 Å². The minimum atomic E-state index is -3.75. The molecule has 1 aliphatic rings. The number of sulfonamides is 1. The molecule has 0 radical (unpaired) electrons. The van der Waals surface area contributed by atoms with Crippen molar-refractivity contribution < 1.29 is 17.6 Å². The second-order valence-electron chi connectivity index (χ2n) is 5.73. The second-order valence-corrected chi connectivity index (χ2v) is 7.42. The van der Waals surface area contributed by atoms with Crippen molar-refractivity contribution in [3.8, 4) is 5.75 Å². The molecule has 0 bridgehead atoms. The van der Waals surface area contributed by atoms with Crippen LogP contribution < -0.4 is 15.2 Å². The summed E-state index contributed by atoms with van der Waals surface area (Å²) in [6, 6.07) is 9.40. The Morgan fingerprint density at radius 1 is 1.21 bits per heavy atom. The van der Waals surface area contributed by atoms with Crippen LogP contribution in [-0.4, -0.2) is 19.5 Å². The maximum absolute atomic E-state index is 12.6. The molecule has 8 heteroatoms. The average molecular weight is 346 g/mol. The zero-order chi connectivity index (χ0) is 16.9. The minimum Gasteiger partial charge on any atom is -0.490 e. The normalized spacial score (nSPS) is 16.8. The van der Waals surface area contributed by atoms with Gasteiger partial charge < -0.3 is 9.15 Å². The third-order valence-electron chi connectivity index (χ3n) is 3.85. The van der Waals surface area contributed by atoms with E-state index in [0.29, 0.717) is 17.6 Å². The van der Waals surface area contributed by atoms with Gasteiger partial charge in [-0.15, -0.1) is 0 Å². The number of aromatic nitrogens is 1. The number of hydrogen-bond donors (Lipinski definition) is 2. The van der Waals surface area contributed by atoms with Crippen molar-refractivity contribution in [2.45, 2.75) is 24.3 Å². The van der Waals surface area contributed by atoms with Crippen LogP contribution in [0.25, 0.3) is 11.1 Å². The van der Waals surface area contributed by atoms with Gasteiger partial charge in [-0.1, -0.05) is 0 Å². The molecule has 124 valence electrons. The maximum Gasteiger partial charge on any atom is 0.417 e. The first-order valence-electron chi connectivity index (χ1n) is 7.36. The molecule has 1 aliphatic heterocycles. The smallest absolute Gasteiger partial charge is 0.417 e. The van der Waals surface area contributed by atoms with Crippen molar-refractivity contribution >= 4 is 26.8 Å². The highest BCUT2D eigenvalue weighted by atomic mass is 32.2. The number of oxazole rings is 1. The minimum absolute atomic E-state index is 0.0461. The third-order valence-corrected chi connectivity index (χ3v) is 5.23. The van der Waals surface area contributed by atoms with Crippen LogP contribution in [0.15, 0.2) is 50.5 Å². The molecule has 0 saturated carbocycles. The van der Waals surface area contributed by atoms with Crippen molar-refractivity contribution in [3.05, 3.63) is 52.5 Å². The molecule has 2 aromatic carbocycles. The van der Waals surface area contributed by atoms with Crippen LogP contribution in [0.2, 0.25) is 0 Å². The van der Waals surface area contributed by atoms with Gasteiger partial charge in [-0.25, -0.2) is 13.2 Å². The number of fused-ring (bicyclic) bond motifs is 2. The van der Waals surface area contributed by atoms with Crippen molar-refractivity contribution in [2.24, 2.45) is 0 Å². The average Bonchev–Trinajstić information content (AvgIpc) is 3.05. The lowest BCUT2D eigenvalue weighted by Crippen LogP contribution is -2.13. The summed E-state index contributed by atoms with van der Waals surface area (Å²) in [7, 11) is -3.75. The van der Waals surface area contributed by atoms with E-state index in [0.717, 1.165) is 11.3 Å². The number of aromatic amines is 1. The fourth-order valence-electron chi connectivity index (χ4n) is 2.79. The highest BCUT2D eigenvalue weighted by Gasteiger charge is 2.23. The molecule has 0 fully saturated rings. The van der Waals surface area contributed by atoms with Gasteiger partial charge in [-0.3, -0.25) is 9.71 Å². The van der Waals surface area contributed by atoms with Crippen LogP contribution in [-0.2, 0) is 16.4 Å². The zero-order valence-electron chi connectivity index (χ0n) is 12.7.